The normalized spacial score (nSPS) is 10.9. The Kier molecular flexibility index (Phi) is 46.5. The number of rotatable bonds is 12. The first kappa shape index (κ1) is 106. The SMILES string of the molecule is BrCc1cnc(Br)s1.CC(=O)[S-].COC(=O)c1cnc(Br)s1.FC(F)(F)c1nc(Cl)cc(Cl)n1.Nc1cc(=S)nc(C(F)(F)F)[nH]1.Nc1cc(Cl)nc(C(F)(F)F)n1.Nc1cc(SCc2cnc(-c3ccc(Oc4ccccc4)cc3)s2)nc(C(F)(F)F)n1.Nc1cc(SCc2cnc(Br)s2)nc(C(F)(F)F)n1.OCc1cnc(Br)s1.[K+]. The van der Waals surface area contributed by atoms with Crippen molar-refractivity contribution in [3.8, 4) is 22.1 Å². The molecule has 24 nitrogen and oxygen atoms in total. The number of anilines is 4. The van der Waals surface area contributed by atoms with Crippen molar-refractivity contribution in [2.45, 2.75) is 71.3 Å². The fourth-order valence-electron chi connectivity index (χ4n) is 6.56. The molecule has 2 aromatic carbocycles. The van der Waals surface area contributed by atoms with Gasteiger partial charge in [-0.15, -0.1) is 80.2 Å². The van der Waals surface area contributed by atoms with Crippen molar-refractivity contribution < 1.29 is 141 Å². The molecule has 0 saturated heterocycles. The molecule has 0 atom stereocenters. The molecule has 0 radical (unpaired) electrons. The minimum absolute atomic E-state index is 0. The molecule has 0 aliphatic rings. The zero-order valence-corrected chi connectivity index (χ0v) is 78.5. The molecule has 0 aliphatic carbocycles. The van der Waals surface area contributed by atoms with Crippen molar-refractivity contribution in [1.29, 1.82) is 0 Å². The van der Waals surface area contributed by atoms with E-state index in [2.05, 4.69) is 179 Å². The van der Waals surface area contributed by atoms with E-state index in [9.17, 15) is 75.4 Å². The van der Waals surface area contributed by atoms with Gasteiger partial charge in [0.2, 0.25) is 29.1 Å². The Balaban J connectivity index is 0.000000360. The van der Waals surface area contributed by atoms with Gasteiger partial charge < -0.3 is 59.9 Å². The Labute approximate surface area is 788 Å². The van der Waals surface area contributed by atoms with Crippen LogP contribution in [0.15, 0.2) is 142 Å². The fourth-order valence-corrected chi connectivity index (χ4v) is 15.6. The number of carbonyl (C=O) groups excluding carboxylic acids is 2. The predicted molar refractivity (Wildman–Crippen MR) is 436 cm³/mol. The maximum Gasteiger partial charge on any atom is 1.00 e. The first-order valence-electron chi connectivity index (χ1n) is 29.4. The average molecular weight is 2230 g/mol. The summed E-state index contributed by atoms with van der Waals surface area (Å²) in [4.78, 5) is 74.7. The van der Waals surface area contributed by atoms with Gasteiger partial charge in [-0.2, -0.15) is 65.9 Å². The van der Waals surface area contributed by atoms with Gasteiger partial charge in [0.25, 0.3) is 0 Å². The molecule has 10 heterocycles. The number of ether oxygens (including phenoxy) is 2. The Hall–Kier alpha value is -4.91. The standard InChI is InChI=1S/C21H15F3N4OS2.C9H6BrF3N4S2.C5H4BrNO2S.C5HCl2F3N2.C5H3ClF3N3.C5H4F3N3S.C4H3Br2NS.C4H4BrNOS.C2H4OS.K/c22-21(23,24)20-27-17(25)10-18(28-20)30-12-16-11-26-19(31-16)13-6-8-15(9-7-13)29-14-4-2-1-3-5-14;10-8-15-2-4(19-8)3-18-6-1-5(14)16-7(17-6)9(11,12)13;1-9-4(8)3-2-7-5(6)10-3;6-2-1-3(7)12-4(11-2)5(8,9)10;6-2-1-3(10)12-4(11-2)5(7,8)9;6-5(7,8)4-10-2(9)1-3(12)11-4;5-1-3-2-7-4(6)8-3;5-4-6-1-3(2-7)8-4;1-2(3)4;/h1-11H,12H2,(H2,25,27,28);1-2H,3H2,(H2,14,16,17);2H,1H3;1H;1H,(H2,10,11,12);1H,(H3,9,10,11,12);2H,1H2;1,7H,2H2;1H3,(H,3,4);/q;;;;;;;;;+1/p-1. The summed E-state index contributed by atoms with van der Waals surface area (Å²) >= 11 is 49.7. The van der Waals surface area contributed by atoms with Crippen molar-refractivity contribution in [1.82, 2.24) is 74.8 Å². The number of nitrogens with two attached hydrogens (primary N) is 4. The summed E-state index contributed by atoms with van der Waals surface area (Å²) in [6.07, 6.45) is -14.7. The number of esters is 1. The quantitative estimate of drug-likeness (QED) is 0.00967. The van der Waals surface area contributed by atoms with Gasteiger partial charge in [0, 0.05) is 97.3 Å². The van der Waals surface area contributed by atoms with Crippen LogP contribution in [0, 0.1) is 4.64 Å². The number of nitrogen functional groups attached to an aromatic ring is 4. The summed E-state index contributed by atoms with van der Waals surface area (Å²) in [5.74, 6) is -5.15. The molecule has 0 fully saturated rings. The van der Waals surface area contributed by atoms with Gasteiger partial charge in [-0.1, -0.05) is 81.1 Å². The average Bonchev–Trinajstić information content (AvgIpc) is 1.84. The summed E-state index contributed by atoms with van der Waals surface area (Å²) in [5.41, 5.74) is 21.9. The number of aromatic amines is 1. The molecule has 117 heavy (non-hydrogen) atoms. The van der Waals surface area contributed by atoms with Crippen LogP contribution in [0.2, 0.25) is 15.5 Å². The van der Waals surface area contributed by atoms with E-state index in [-0.39, 0.29) is 122 Å². The molecular weight excluding hydrogens is 2190 g/mol. The maximum atomic E-state index is 12.8. The van der Waals surface area contributed by atoms with Gasteiger partial charge in [0.05, 0.1) is 24.8 Å². The monoisotopic (exact) mass is 2220 g/mol. The van der Waals surface area contributed by atoms with Crippen LogP contribution < -0.4 is 79.1 Å². The van der Waals surface area contributed by atoms with E-state index in [0.717, 1.165) is 89.8 Å². The number of H-pyrrole nitrogens is 1. The molecule has 0 aliphatic heterocycles. The predicted octanol–water partition coefficient (Wildman–Crippen LogP) is 19.1. The van der Waals surface area contributed by atoms with Crippen molar-refractivity contribution >= 4 is 254 Å². The Morgan fingerprint density at radius 1 is 0.521 bits per heavy atom. The van der Waals surface area contributed by atoms with E-state index in [0.29, 0.717) is 26.0 Å². The van der Waals surface area contributed by atoms with Crippen molar-refractivity contribution in [3.63, 3.8) is 0 Å². The zero-order valence-electron chi connectivity index (χ0n) is 57.8. The topological polar surface area (TPSA) is 373 Å². The second kappa shape index (κ2) is 51.2. The number of benzene rings is 2. The molecule has 10 aromatic heterocycles. The number of nitrogens with zero attached hydrogens (tertiary/aromatic N) is 14. The van der Waals surface area contributed by atoms with Crippen LogP contribution in [-0.2, 0) is 76.5 Å². The smallest absolute Gasteiger partial charge is 0.742 e. The number of hydrogen-bond donors (Lipinski definition) is 6. The Bertz CT molecular complexity index is 5030. The minimum Gasteiger partial charge on any atom is -0.742 e. The molecule has 0 spiro atoms. The van der Waals surface area contributed by atoms with Gasteiger partial charge in [0.15, 0.2) is 15.7 Å². The molecule has 0 unspecified atom stereocenters. The van der Waals surface area contributed by atoms with Crippen LogP contribution in [0.4, 0.5) is 89.1 Å². The molecule has 12 aromatic rings. The zero-order chi connectivity index (χ0) is 87.1. The fraction of sp³-hybridized carbons (Fsp3) is 0.183. The van der Waals surface area contributed by atoms with Gasteiger partial charge in [-0.25, -0.2) is 74.6 Å². The Morgan fingerprint density at radius 2 is 0.906 bits per heavy atom. The van der Waals surface area contributed by atoms with Crippen molar-refractivity contribution in [2.24, 2.45) is 0 Å². The van der Waals surface area contributed by atoms with Crippen LogP contribution in [0.1, 0.15) is 65.2 Å². The summed E-state index contributed by atoms with van der Waals surface area (Å²) < 4.78 is 197. The molecule has 12 rings (SSSR count). The number of methoxy groups -OCH3 is 1. The molecule has 0 saturated carbocycles. The van der Waals surface area contributed by atoms with Crippen LogP contribution >= 0.6 is 207 Å². The van der Waals surface area contributed by atoms with Crippen LogP contribution in [0.5, 0.6) is 11.5 Å². The summed E-state index contributed by atoms with van der Waals surface area (Å²) in [7, 11) is 1.34. The second-order valence-electron chi connectivity index (χ2n) is 19.8. The van der Waals surface area contributed by atoms with E-state index in [1.165, 1.54) is 82.6 Å². The van der Waals surface area contributed by atoms with Gasteiger partial charge in [0.1, 0.15) is 74.8 Å². The number of aliphatic hydroxyl groups excluding tert-OH is 1. The first-order valence-corrected chi connectivity index (χ1v) is 41.7. The third-order valence-corrected chi connectivity index (χ3v) is 21.9. The number of aromatic nitrogens is 15. The third-order valence-electron chi connectivity index (χ3n) is 11.0. The third kappa shape index (κ3) is 42.6. The molecular formula is C60H43Br5Cl3F15KN19O5S9. The first-order chi connectivity index (χ1) is 54.0. The number of halogens is 23. The van der Waals surface area contributed by atoms with E-state index >= 15 is 0 Å². The van der Waals surface area contributed by atoms with Crippen molar-refractivity contribution in [2.75, 3.05) is 30.0 Å². The van der Waals surface area contributed by atoms with Crippen LogP contribution in [0.3, 0.4) is 0 Å². The summed E-state index contributed by atoms with van der Waals surface area (Å²) in [6, 6.07) is 22.9. The number of carbonyl (C=O) groups is 2. The molecule has 0 bridgehead atoms. The number of para-hydroxylation sites is 1. The Morgan fingerprint density at radius 3 is 1.27 bits per heavy atom. The van der Waals surface area contributed by atoms with E-state index in [4.69, 9.17) is 67.6 Å². The number of thioether (sulfide) groups is 2. The number of alkyl halides is 16. The summed E-state index contributed by atoms with van der Waals surface area (Å²) in [6.45, 7) is 1.43. The van der Waals surface area contributed by atoms with Crippen molar-refractivity contribution in [3.05, 3.63) is 205 Å². The van der Waals surface area contributed by atoms with Crippen LogP contribution in [-0.4, -0.2) is 98.1 Å². The maximum absolute atomic E-state index is 12.8. The number of thiazole rings is 5. The van der Waals surface area contributed by atoms with Gasteiger partial charge >= 0.3 is 88.2 Å². The molecule has 0 amide bonds. The number of nitrogens with one attached hydrogen (secondary N) is 1. The molecule has 57 heteroatoms. The van der Waals surface area contributed by atoms with Gasteiger partial charge in [-0.3, -0.25) is 0 Å². The summed E-state index contributed by atoms with van der Waals surface area (Å²) in [5, 5.41) is 9.32. The number of aliphatic hydroxyl groups is 1. The van der Waals surface area contributed by atoms with E-state index in [1.54, 1.807) is 29.9 Å². The molecule has 624 valence electrons. The minimum atomic E-state index is -4.64. The number of hydrogen-bond acceptors (Lipinski definition) is 32. The van der Waals surface area contributed by atoms with E-state index < -0.39 is 60.0 Å². The largest absolute Gasteiger partial charge is 1.00 e. The van der Waals surface area contributed by atoms with E-state index in [1.807, 2.05) is 65.8 Å². The molecule has 10 N–H and O–H groups in total. The van der Waals surface area contributed by atoms with Crippen LogP contribution in [0.25, 0.3) is 10.6 Å². The second-order valence-corrected chi connectivity index (χ2v) is 35.1. The van der Waals surface area contributed by atoms with Gasteiger partial charge in [-0.05, 0) is 107 Å².